The predicted molar refractivity (Wildman–Crippen MR) is 75.9 cm³/mol. The number of carbonyl (C=O) groups excluding carboxylic acids is 1. The van der Waals surface area contributed by atoms with Gasteiger partial charge in [0.1, 0.15) is 0 Å². The molecule has 1 unspecified atom stereocenters. The van der Waals surface area contributed by atoms with E-state index in [-0.39, 0.29) is 12.0 Å². The Hall–Kier alpha value is -1.00. The summed E-state index contributed by atoms with van der Waals surface area (Å²) < 4.78 is 4.90. The minimum Gasteiger partial charge on any atom is -0.466 e. The molecule has 0 fully saturated rings. The second-order valence-electron chi connectivity index (χ2n) is 4.03. The summed E-state index contributed by atoms with van der Waals surface area (Å²) in [6.07, 6.45) is 0.434. The zero-order valence-electron chi connectivity index (χ0n) is 11.0. The van der Waals surface area contributed by atoms with Crippen molar-refractivity contribution in [3.05, 3.63) is 30.3 Å². The third kappa shape index (κ3) is 6.67. The van der Waals surface area contributed by atoms with Crippen molar-refractivity contribution in [1.29, 1.82) is 0 Å². The van der Waals surface area contributed by atoms with Crippen LogP contribution in [0.15, 0.2) is 35.2 Å². The fourth-order valence-corrected chi connectivity index (χ4v) is 2.34. The Morgan fingerprint density at radius 1 is 1.39 bits per heavy atom. The summed E-state index contributed by atoms with van der Waals surface area (Å²) in [7, 11) is 0. The van der Waals surface area contributed by atoms with Crippen LogP contribution in [-0.4, -0.2) is 30.9 Å². The zero-order chi connectivity index (χ0) is 13.2. The van der Waals surface area contributed by atoms with Gasteiger partial charge in [-0.2, -0.15) is 0 Å². The van der Waals surface area contributed by atoms with Crippen LogP contribution in [0.25, 0.3) is 0 Å². The van der Waals surface area contributed by atoms with E-state index in [1.807, 2.05) is 43.8 Å². The molecule has 18 heavy (non-hydrogen) atoms. The lowest BCUT2D eigenvalue weighted by molar-refractivity contribution is -0.143. The van der Waals surface area contributed by atoms with Gasteiger partial charge in [0.15, 0.2) is 0 Å². The van der Waals surface area contributed by atoms with Crippen LogP contribution in [0.2, 0.25) is 0 Å². The lowest BCUT2D eigenvalue weighted by atomic mass is 10.2. The van der Waals surface area contributed by atoms with Gasteiger partial charge in [-0.25, -0.2) is 0 Å². The van der Waals surface area contributed by atoms with Crippen LogP contribution in [0.1, 0.15) is 20.3 Å². The first-order valence-electron chi connectivity index (χ1n) is 6.29. The van der Waals surface area contributed by atoms with E-state index < -0.39 is 0 Å². The molecule has 1 atom stereocenters. The summed E-state index contributed by atoms with van der Waals surface area (Å²) in [6, 6.07) is 10.5. The summed E-state index contributed by atoms with van der Waals surface area (Å²) in [4.78, 5) is 12.5. The SMILES string of the molecule is CCOC(=O)CC(C)NCCSc1ccccc1. The number of nitrogens with one attached hydrogen (secondary N) is 1. The molecule has 1 N–H and O–H groups in total. The molecule has 0 heterocycles. The van der Waals surface area contributed by atoms with Gasteiger partial charge in [-0.05, 0) is 26.0 Å². The number of hydrogen-bond acceptors (Lipinski definition) is 4. The fourth-order valence-electron chi connectivity index (χ4n) is 1.53. The monoisotopic (exact) mass is 267 g/mol. The standard InChI is InChI=1S/C14H21NO2S/c1-3-17-14(16)11-12(2)15-9-10-18-13-7-5-4-6-8-13/h4-8,12,15H,3,9-11H2,1-2H3. The van der Waals surface area contributed by atoms with E-state index in [9.17, 15) is 4.79 Å². The molecule has 0 radical (unpaired) electrons. The maximum absolute atomic E-state index is 11.2. The van der Waals surface area contributed by atoms with Crippen LogP contribution in [0.5, 0.6) is 0 Å². The molecule has 1 aromatic rings. The van der Waals surface area contributed by atoms with Crippen molar-refractivity contribution in [2.75, 3.05) is 18.9 Å². The van der Waals surface area contributed by atoms with Gasteiger partial charge < -0.3 is 10.1 Å². The van der Waals surface area contributed by atoms with Gasteiger partial charge in [-0.1, -0.05) is 18.2 Å². The van der Waals surface area contributed by atoms with Gasteiger partial charge in [0.25, 0.3) is 0 Å². The molecule has 1 aromatic carbocycles. The van der Waals surface area contributed by atoms with Crippen molar-refractivity contribution >= 4 is 17.7 Å². The van der Waals surface area contributed by atoms with Crippen LogP contribution >= 0.6 is 11.8 Å². The first-order valence-corrected chi connectivity index (χ1v) is 7.27. The van der Waals surface area contributed by atoms with Crippen molar-refractivity contribution in [2.45, 2.75) is 31.2 Å². The first-order chi connectivity index (χ1) is 8.72. The number of benzene rings is 1. The molecular formula is C14H21NO2S. The fraction of sp³-hybridized carbons (Fsp3) is 0.500. The van der Waals surface area contributed by atoms with Crippen molar-refractivity contribution in [3.8, 4) is 0 Å². The second-order valence-corrected chi connectivity index (χ2v) is 5.19. The maximum Gasteiger partial charge on any atom is 0.307 e. The average Bonchev–Trinajstić information content (AvgIpc) is 2.36. The van der Waals surface area contributed by atoms with Gasteiger partial charge in [-0.3, -0.25) is 4.79 Å². The molecule has 0 aliphatic heterocycles. The highest BCUT2D eigenvalue weighted by molar-refractivity contribution is 7.99. The highest BCUT2D eigenvalue weighted by atomic mass is 32.2. The van der Waals surface area contributed by atoms with Gasteiger partial charge in [0, 0.05) is 23.2 Å². The molecule has 4 heteroatoms. The van der Waals surface area contributed by atoms with Crippen LogP contribution in [-0.2, 0) is 9.53 Å². The highest BCUT2D eigenvalue weighted by Gasteiger charge is 2.08. The Balaban J connectivity index is 2.09. The number of esters is 1. The molecular weight excluding hydrogens is 246 g/mol. The average molecular weight is 267 g/mol. The molecule has 0 aliphatic carbocycles. The summed E-state index contributed by atoms with van der Waals surface area (Å²) in [5.41, 5.74) is 0. The van der Waals surface area contributed by atoms with E-state index in [2.05, 4.69) is 17.4 Å². The Kier molecular flexibility index (Phi) is 7.53. The van der Waals surface area contributed by atoms with E-state index in [0.717, 1.165) is 12.3 Å². The molecule has 0 aliphatic rings. The molecule has 0 saturated heterocycles. The van der Waals surface area contributed by atoms with Crippen LogP contribution in [0.3, 0.4) is 0 Å². The number of ether oxygens (including phenoxy) is 1. The van der Waals surface area contributed by atoms with E-state index in [1.54, 1.807) is 0 Å². The molecule has 0 saturated carbocycles. The minimum atomic E-state index is -0.131. The van der Waals surface area contributed by atoms with E-state index in [4.69, 9.17) is 4.74 Å². The Bertz CT molecular complexity index is 343. The topological polar surface area (TPSA) is 38.3 Å². The van der Waals surface area contributed by atoms with Crippen LogP contribution in [0.4, 0.5) is 0 Å². The van der Waals surface area contributed by atoms with Crippen molar-refractivity contribution in [3.63, 3.8) is 0 Å². The molecule has 0 bridgehead atoms. The van der Waals surface area contributed by atoms with E-state index >= 15 is 0 Å². The molecule has 0 aromatic heterocycles. The molecule has 1 rings (SSSR count). The van der Waals surface area contributed by atoms with E-state index in [1.165, 1.54) is 4.90 Å². The normalized spacial score (nSPS) is 12.1. The van der Waals surface area contributed by atoms with E-state index in [0.29, 0.717) is 13.0 Å². The summed E-state index contributed by atoms with van der Waals surface area (Å²) in [5.74, 6) is 0.866. The van der Waals surface area contributed by atoms with Gasteiger partial charge >= 0.3 is 5.97 Å². The van der Waals surface area contributed by atoms with Gasteiger partial charge in [0.2, 0.25) is 0 Å². The molecule has 0 amide bonds. The number of hydrogen-bond donors (Lipinski definition) is 1. The molecule has 0 spiro atoms. The lowest BCUT2D eigenvalue weighted by Gasteiger charge is -2.12. The van der Waals surface area contributed by atoms with Crippen LogP contribution in [0, 0.1) is 0 Å². The third-order valence-electron chi connectivity index (χ3n) is 2.38. The third-order valence-corrected chi connectivity index (χ3v) is 3.40. The molecule has 3 nitrogen and oxygen atoms in total. The van der Waals surface area contributed by atoms with Crippen molar-refractivity contribution in [1.82, 2.24) is 5.32 Å². The maximum atomic E-state index is 11.2. The van der Waals surface area contributed by atoms with Crippen molar-refractivity contribution in [2.24, 2.45) is 0 Å². The highest BCUT2D eigenvalue weighted by Crippen LogP contribution is 2.15. The predicted octanol–water partition coefficient (Wildman–Crippen LogP) is 2.71. The molecule has 100 valence electrons. The second kappa shape index (κ2) is 9.00. The van der Waals surface area contributed by atoms with Gasteiger partial charge in [0.05, 0.1) is 13.0 Å². The quantitative estimate of drug-likeness (QED) is 0.446. The first kappa shape index (κ1) is 15.1. The summed E-state index contributed by atoms with van der Waals surface area (Å²) >= 11 is 1.81. The number of carbonyl (C=O) groups is 1. The Labute approximate surface area is 113 Å². The Morgan fingerprint density at radius 2 is 2.11 bits per heavy atom. The lowest BCUT2D eigenvalue weighted by Crippen LogP contribution is -2.30. The smallest absolute Gasteiger partial charge is 0.307 e. The largest absolute Gasteiger partial charge is 0.466 e. The van der Waals surface area contributed by atoms with Crippen LogP contribution < -0.4 is 5.32 Å². The summed E-state index contributed by atoms with van der Waals surface area (Å²) in [5, 5.41) is 3.32. The van der Waals surface area contributed by atoms with Crippen molar-refractivity contribution < 1.29 is 9.53 Å². The minimum absolute atomic E-state index is 0.131. The number of rotatable bonds is 8. The Morgan fingerprint density at radius 3 is 2.78 bits per heavy atom. The van der Waals surface area contributed by atoms with Gasteiger partial charge in [-0.15, -0.1) is 11.8 Å². The number of thioether (sulfide) groups is 1. The zero-order valence-corrected chi connectivity index (χ0v) is 11.8. The summed E-state index contributed by atoms with van der Waals surface area (Å²) in [6.45, 7) is 5.17.